The maximum atomic E-state index is 12.8. The first-order chi connectivity index (χ1) is 14.1. The van der Waals surface area contributed by atoms with Gasteiger partial charge >= 0.3 is 0 Å². The van der Waals surface area contributed by atoms with Crippen LogP contribution in [0, 0.1) is 0 Å². The fourth-order valence-electron chi connectivity index (χ4n) is 3.74. The summed E-state index contributed by atoms with van der Waals surface area (Å²) < 4.78 is 5.35. The lowest BCUT2D eigenvalue weighted by Crippen LogP contribution is -2.39. The molecule has 1 amide bonds. The van der Waals surface area contributed by atoms with E-state index < -0.39 is 0 Å². The first kappa shape index (κ1) is 17.7. The van der Waals surface area contributed by atoms with Gasteiger partial charge in [0.15, 0.2) is 11.5 Å². The van der Waals surface area contributed by atoms with Crippen LogP contribution in [0.15, 0.2) is 24.5 Å². The zero-order valence-electron chi connectivity index (χ0n) is 15.6. The van der Waals surface area contributed by atoms with Crippen molar-refractivity contribution in [3.05, 3.63) is 41.1 Å². The molecule has 1 aliphatic heterocycles. The Balaban J connectivity index is 1.34. The molecule has 0 saturated heterocycles. The van der Waals surface area contributed by atoms with E-state index in [9.17, 15) is 4.79 Å². The first-order valence-corrected chi connectivity index (χ1v) is 9.56. The maximum absolute atomic E-state index is 12.8. The van der Waals surface area contributed by atoms with Crippen molar-refractivity contribution in [1.82, 2.24) is 29.8 Å². The highest BCUT2D eigenvalue weighted by Crippen LogP contribution is 2.30. The number of fused-ring (bicyclic) bond motifs is 4. The average Bonchev–Trinajstić information content (AvgIpc) is 3.34. The summed E-state index contributed by atoms with van der Waals surface area (Å²) in [7, 11) is 1.65. The lowest BCUT2D eigenvalue weighted by molar-refractivity contribution is -0.130. The highest BCUT2D eigenvalue weighted by Gasteiger charge is 2.24. The Morgan fingerprint density at radius 2 is 2.28 bits per heavy atom. The highest BCUT2D eigenvalue weighted by molar-refractivity contribution is 6.28. The zero-order chi connectivity index (χ0) is 20.0. The van der Waals surface area contributed by atoms with E-state index in [1.165, 1.54) is 12.0 Å². The normalized spacial score (nSPS) is 13.7. The number of hydrogen-bond acceptors (Lipinski definition) is 6. The summed E-state index contributed by atoms with van der Waals surface area (Å²) in [6, 6.07) is 5.95. The van der Waals surface area contributed by atoms with E-state index in [4.69, 9.17) is 16.3 Å². The number of nitrogens with zero attached hydrogens (tertiary/aromatic N) is 4. The van der Waals surface area contributed by atoms with Gasteiger partial charge in [0, 0.05) is 41.7 Å². The molecule has 5 rings (SSSR count). The number of halogens is 1. The molecule has 0 spiro atoms. The number of H-pyrrole nitrogens is 2. The van der Waals surface area contributed by atoms with Gasteiger partial charge in [0.05, 0.1) is 20.0 Å². The van der Waals surface area contributed by atoms with Crippen molar-refractivity contribution in [2.24, 2.45) is 0 Å². The molecule has 3 aromatic heterocycles. The number of anilines is 1. The topological polar surface area (TPSA) is 112 Å². The fraction of sp³-hybridized carbons (Fsp3) is 0.263. The molecule has 1 aliphatic rings. The summed E-state index contributed by atoms with van der Waals surface area (Å²) in [6.45, 7) is 1.30. The van der Waals surface area contributed by atoms with Crippen LogP contribution in [0.1, 0.15) is 11.3 Å². The Morgan fingerprint density at radius 3 is 3.14 bits per heavy atom. The molecular formula is C19H18ClN7O2. The first-order valence-electron chi connectivity index (χ1n) is 9.18. The van der Waals surface area contributed by atoms with Crippen LogP contribution in [0.25, 0.3) is 22.1 Å². The van der Waals surface area contributed by atoms with Crippen molar-refractivity contribution in [1.29, 1.82) is 0 Å². The summed E-state index contributed by atoms with van der Waals surface area (Å²) in [6.07, 6.45) is 2.29. The number of carbonyl (C=O) groups excluding carboxylic acids is 1. The number of methoxy groups -OCH3 is 1. The number of aromatic nitrogens is 5. The van der Waals surface area contributed by atoms with Gasteiger partial charge in [0.2, 0.25) is 11.2 Å². The molecule has 0 bridgehead atoms. The van der Waals surface area contributed by atoms with Gasteiger partial charge < -0.3 is 24.9 Å². The molecule has 3 N–H and O–H groups in total. The van der Waals surface area contributed by atoms with Crippen LogP contribution in [-0.2, 0) is 17.8 Å². The zero-order valence-corrected chi connectivity index (χ0v) is 16.4. The van der Waals surface area contributed by atoms with Crippen molar-refractivity contribution < 1.29 is 9.53 Å². The lowest BCUT2D eigenvalue weighted by Gasteiger charge is -2.27. The monoisotopic (exact) mass is 411 g/mol. The average molecular weight is 412 g/mol. The van der Waals surface area contributed by atoms with Crippen LogP contribution in [0.5, 0.6) is 5.75 Å². The van der Waals surface area contributed by atoms with Gasteiger partial charge in [0.25, 0.3) is 0 Å². The number of nitrogens with one attached hydrogen (secondary N) is 3. The van der Waals surface area contributed by atoms with E-state index >= 15 is 0 Å². The van der Waals surface area contributed by atoms with Crippen LogP contribution in [0.2, 0.25) is 5.28 Å². The molecule has 10 heteroatoms. The van der Waals surface area contributed by atoms with Gasteiger partial charge in [0.1, 0.15) is 11.3 Å². The van der Waals surface area contributed by atoms with E-state index in [1.54, 1.807) is 7.11 Å². The van der Waals surface area contributed by atoms with Crippen molar-refractivity contribution in [2.75, 3.05) is 25.5 Å². The summed E-state index contributed by atoms with van der Waals surface area (Å²) >= 11 is 5.94. The van der Waals surface area contributed by atoms with Crippen molar-refractivity contribution in [3.63, 3.8) is 0 Å². The number of carbonyl (C=O) groups is 1. The molecule has 4 aromatic rings. The van der Waals surface area contributed by atoms with E-state index in [0.29, 0.717) is 30.1 Å². The molecule has 0 saturated carbocycles. The Morgan fingerprint density at radius 1 is 1.38 bits per heavy atom. The van der Waals surface area contributed by atoms with Crippen LogP contribution >= 0.6 is 11.6 Å². The van der Waals surface area contributed by atoms with Gasteiger partial charge in [-0.15, -0.1) is 0 Å². The number of rotatable bonds is 4. The molecule has 0 fully saturated rings. The largest absolute Gasteiger partial charge is 0.497 e. The Bertz CT molecular complexity index is 1230. The number of imidazole rings is 1. The number of benzene rings is 1. The predicted octanol–water partition coefficient (Wildman–Crippen LogP) is 2.49. The number of amides is 1. The second kappa shape index (κ2) is 6.93. The summed E-state index contributed by atoms with van der Waals surface area (Å²) in [5.74, 6) is 1.24. The minimum atomic E-state index is -0.0182. The van der Waals surface area contributed by atoms with Crippen molar-refractivity contribution >= 4 is 45.4 Å². The van der Waals surface area contributed by atoms with Gasteiger partial charge in [-0.2, -0.15) is 9.97 Å². The van der Waals surface area contributed by atoms with E-state index in [1.807, 2.05) is 23.1 Å². The fourth-order valence-corrected chi connectivity index (χ4v) is 3.90. The van der Waals surface area contributed by atoms with Gasteiger partial charge in [-0.25, -0.2) is 4.98 Å². The van der Waals surface area contributed by atoms with Crippen molar-refractivity contribution in [3.8, 4) is 5.75 Å². The molecule has 0 unspecified atom stereocenters. The third-order valence-corrected chi connectivity index (χ3v) is 5.37. The Hall–Kier alpha value is -3.33. The molecule has 1 aromatic carbocycles. The van der Waals surface area contributed by atoms with E-state index in [-0.39, 0.29) is 17.7 Å². The van der Waals surface area contributed by atoms with E-state index in [0.717, 1.165) is 28.6 Å². The molecule has 0 radical (unpaired) electrons. The molecule has 9 nitrogen and oxygen atoms in total. The molecule has 0 atom stereocenters. The predicted molar refractivity (Wildman–Crippen MR) is 109 cm³/mol. The second-order valence-electron chi connectivity index (χ2n) is 6.85. The smallest absolute Gasteiger partial charge is 0.242 e. The molecule has 29 heavy (non-hydrogen) atoms. The third kappa shape index (κ3) is 3.13. The summed E-state index contributed by atoms with van der Waals surface area (Å²) in [5.41, 5.74) is 4.44. The summed E-state index contributed by atoms with van der Waals surface area (Å²) in [5, 5.41) is 4.23. The molecule has 0 aliphatic carbocycles. The van der Waals surface area contributed by atoms with Crippen LogP contribution < -0.4 is 10.1 Å². The van der Waals surface area contributed by atoms with Crippen LogP contribution in [0.4, 0.5) is 5.82 Å². The van der Waals surface area contributed by atoms with Gasteiger partial charge in [-0.3, -0.25) is 4.79 Å². The summed E-state index contributed by atoms with van der Waals surface area (Å²) in [4.78, 5) is 33.4. The minimum absolute atomic E-state index is 0.0182. The quantitative estimate of drug-likeness (QED) is 0.445. The standard InChI is InChI=1S/C19H18ClN7O2/c1-29-10-2-3-13-11(6-10)12-8-27(5-4-14(12)24-13)15(28)7-21-17-16-18(23-9-22-16)26-19(20)25-17/h2-3,6,9,24H,4-5,7-8H2,1H3,(H2,21,22,23,25,26). The molecule has 148 valence electrons. The Kier molecular flexibility index (Phi) is 4.24. The maximum Gasteiger partial charge on any atom is 0.242 e. The highest BCUT2D eigenvalue weighted by atomic mass is 35.5. The number of aromatic amines is 2. The number of hydrogen-bond donors (Lipinski definition) is 3. The van der Waals surface area contributed by atoms with E-state index in [2.05, 4.69) is 30.2 Å². The lowest BCUT2D eigenvalue weighted by atomic mass is 10.0. The number of ether oxygens (including phenoxy) is 1. The molecule has 4 heterocycles. The van der Waals surface area contributed by atoms with Crippen molar-refractivity contribution in [2.45, 2.75) is 13.0 Å². The minimum Gasteiger partial charge on any atom is -0.497 e. The van der Waals surface area contributed by atoms with Gasteiger partial charge in [-0.05, 0) is 29.8 Å². The van der Waals surface area contributed by atoms with Crippen LogP contribution in [0.3, 0.4) is 0 Å². The second-order valence-corrected chi connectivity index (χ2v) is 7.19. The SMILES string of the molecule is COc1ccc2[nH]c3c(c2c1)CN(C(=O)CNc1nc(Cl)nc2nc[nH]c12)CC3. The van der Waals surface area contributed by atoms with Gasteiger partial charge in [-0.1, -0.05) is 0 Å². The van der Waals surface area contributed by atoms with Crippen LogP contribution in [-0.4, -0.2) is 55.9 Å². The third-order valence-electron chi connectivity index (χ3n) is 5.20. The Labute approximate surface area is 170 Å². The molecular weight excluding hydrogens is 394 g/mol.